The second-order valence-corrected chi connectivity index (χ2v) is 7.08. The zero-order valence-corrected chi connectivity index (χ0v) is 15.5. The third-order valence-corrected chi connectivity index (χ3v) is 3.61. The molecule has 1 aromatic carbocycles. The van der Waals surface area contributed by atoms with Gasteiger partial charge in [-0.3, -0.25) is 9.69 Å². The van der Waals surface area contributed by atoms with Gasteiger partial charge in [-0.15, -0.1) is 0 Å². The molecule has 0 aromatic heterocycles. The van der Waals surface area contributed by atoms with Gasteiger partial charge in [-0.05, 0) is 29.5 Å². The Labute approximate surface area is 141 Å². The highest BCUT2D eigenvalue weighted by Crippen LogP contribution is 2.13. The summed E-state index contributed by atoms with van der Waals surface area (Å²) in [7, 11) is 3.53. The lowest BCUT2D eigenvalue weighted by Gasteiger charge is -2.28. The maximum Gasteiger partial charge on any atom is 0.236 e. The first-order valence-electron chi connectivity index (χ1n) is 8.41. The molecule has 0 spiro atoms. The van der Waals surface area contributed by atoms with Crippen LogP contribution in [0.2, 0.25) is 0 Å². The minimum Gasteiger partial charge on any atom is -0.497 e. The van der Waals surface area contributed by atoms with Crippen LogP contribution in [0, 0.1) is 11.8 Å². The van der Waals surface area contributed by atoms with Crippen LogP contribution in [0.25, 0.3) is 0 Å². The van der Waals surface area contributed by atoms with Crippen molar-refractivity contribution in [2.75, 3.05) is 33.8 Å². The topological polar surface area (TPSA) is 32.8 Å². The summed E-state index contributed by atoms with van der Waals surface area (Å²) in [5, 5.41) is 0. The Hall–Kier alpha value is -1.55. The molecule has 0 heterocycles. The summed E-state index contributed by atoms with van der Waals surface area (Å²) in [5.74, 6) is 2.13. The number of hydrogen-bond donors (Lipinski definition) is 0. The Morgan fingerprint density at radius 1 is 1.04 bits per heavy atom. The first-order valence-corrected chi connectivity index (χ1v) is 8.41. The molecule has 0 fully saturated rings. The van der Waals surface area contributed by atoms with E-state index < -0.39 is 0 Å². The van der Waals surface area contributed by atoms with Crippen molar-refractivity contribution in [3.63, 3.8) is 0 Å². The molecular formula is C19H32N2O2. The predicted octanol–water partition coefficient (Wildman–Crippen LogP) is 3.27. The third kappa shape index (κ3) is 7.51. The molecule has 1 rings (SSSR count). The number of amides is 1. The lowest BCUT2D eigenvalue weighted by atomic mass is 10.1. The fraction of sp³-hybridized carbons (Fsp3) is 0.632. The summed E-state index contributed by atoms with van der Waals surface area (Å²) in [6.45, 7) is 11.8. The van der Waals surface area contributed by atoms with Gasteiger partial charge in [0.15, 0.2) is 0 Å². The molecule has 4 heteroatoms. The second-order valence-electron chi connectivity index (χ2n) is 7.08. The molecule has 23 heavy (non-hydrogen) atoms. The fourth-order valence-electron chi connectivity index (χ4n) is 2.64. The number of methoxy groups -OCH3 is 1. The third-order valence-electron chi connectivity index (χ3n) is 3.61. The Kier molecular flexibility index (Phi) is 8.10. The van der Waals surface area contributed by atoms with Crippen LogP contribution < -0.4 is 4.74 Å². The van der Waals surface area contributed by atoms with Crippen LogP contribution in [0.1, 0.15) is 33.3 Å². The molecule has 0 aliphatic carbocycles. The highest BCUT2D eigenvalue weighted by atomic mass is 16.5. The molecule has 1 aromatic rings. The monoisotopic (exact) mass is 320 g/mol. The zero-order valence-electron chi connectivity index (χ0n) is 15.5. The normalized spacial score (nSPS) is 11.3. The van der Waals surface area contributed by atoms with Crippen molar-refractivity contribution in [2.45, 2.75) is 34.2 Å². The van der Waals surface area contributed by atoms with Gasteiger partial charge >= 0.3 is 0 Å². The summed E-state index contributed by atoms with van der Waals surface area (Å²) in [5.41, 5.74) is 1.11. The molecule has 1 amide bonds. The van der Waals surface area contributed by atoms with Crippen molar-refractivity contribution in [3.8, 4) is 5.75 Å². The van der Waals surface area contributed by atoms with E-state index in [1.807, 2.05) is 31.3 Å². The standard InChI is InChI=1S/C19H32N2O2/c1-15(2)11-21(12-16(3)4)14-19(22)20(5)13-17-7-9-18(23-6)10-8-17/h7-10,15-16H,11-14H2,1-6H3. The molecule has 0 unspecified atom stereocenters. The van der Waals surface area contributed by atoms with E-state index in [4.69, 9.17) is 4.74 Å². The Morgan fingerprint density at radius 2 is 1.57 bits per heavy atom. The van der Waals surface area contributed by atoms with Gasteiger partial charge in [0.25, 0.3) is 0 Å². The Bertz CT molecular complexity index is 459. The highest BCUT2D eigenvalue weighted by molar-refractivity contribution is 5.78. The van der Waals surface area contributed by atoms with Gasteiger partial charge in [0.1, 0.15) is 5.75 Å². The molecule has 0 aliphatic heterocycles. The van der Waals surface area contributed by atoms with Gasteiger partial charge in [0.2, 0.25) is 5.91 Å². The number of likely N-dealkylation sites (N-methyl/N-ethyl adjacent to an activating group) is 1. The number of ether oxygens (including phenoxy) is 1. The molecule has 0 radical (unpaired) electrons. The number of rotatable bonds is 9. The molecule has 4 nitrogen and oxygen atoms in total. The summed E-state index contributed by atoms with van der Waals surface area (Å²) >= 11 is 0. The summed E-state index contributed by atoms with van der Waals surface area (Å²) in [6.07, 6.45) is 0. The first-order chi connectivity index (χ1) is 10.8. The van der Waals surface area contributed by atoms with E-state index in [0.29, 0.717) is 24.9 Å². The van der Waals surface area contributed by atoms with E-state index in [1.54, 1.807) is 12.0 Å². The van der Waals surface area contributed by atoms with E-state index in [2.05, 4.69) is 32.6 Å². The van der Waals surface area contributed by atoms with Crippen LogP contribution in [-0.4, -0.2) is 49.5 Å². The van der Waals surface area contributed by atoms with Crippen LogP contribution in [-0.2, 0) is 11.3 Å². The van der Waals surface area contributed by atoms with Crippen molar-refractivity contribution >= 4 is 5.91 Å². The van der Waals surface area contributed by atoms with E-state index in [0.717, 1.165) is 24.4 Å². The van der Waals surface area contributed by atoms with Crippen molar-refractivity contribution in [1.82, 2.24) is 9.80 Å². The Morgan fingerprint density at radius 3 is 2.00 bits per heavy atom. The van der Waals surface area contributed by atoms with Crippen LogP contribution in [0.4, 0.5) is 0 Å². The molecule has 130 valence electrons. The lowest BCUT2D eigenvalue weighted by molar-refractivity contribution is -0.131. The predicted molar refractivity (Wildman–Crippen MR) is 95.6 cm³/mol. The van der Waals surface area contributed by atoms with Gasteiger partial charge in [-0.2, -0.15) is 0 Å². The summed E-state index contributed by atoms with van der Waals surface area (Å²) in [6, 6.07) is 7.86. The molecule has 0 aliphatic rings. The summed E-state index contributed by atoms with van der Waals surface area (Å²) in [4.78, 5) is 16.6. The first kappa shape index (κ1) is 19.5. The van der Waals surface area contributed by atoms with Gasteiger partial charge in [-0.25, -0.2) is 0 Å². The van der Waals surface area contributed by atoms with Crippen LogP contribution in [0.3, 0.4) is 0 Å². The highest BCUT2D eigenvalue weighted by Gasteiger charge is 2.16. The van der Waals surface area contributed by atoms with Crippen molar-refractivity contribution in [1.29, 1.82) is 0 Å². The maximum absolute atomic E-state index is 12.5. The number of benzene rings is 1. The van der Waals surface area contributed by atoms with Crippen molar-refractivity contribution < 1.29 is 9.53 Å². The van der Waals surface area contributed by atoms with Crippen LogP contribution in [0.15, 0.2) is 24.3 Å². The lowest BCUT2D eigenvalue weighted by Crippen LogP contribution is -2.41. The maximum atomic E-state index is 12.5. The minimum atomic E-state index is 0.169. The molecule has 0 saturated heterocycles. The van der Waals surface area contributed by atoms with Crippen molar-refractivity contribution in [2.24, 2.45) is 11.8 Å². The fourth-order valence-corrected chi connectivity index (χ4v) is 2.64. The molecule has 0 atom stereocenters. The Balaban J connectivity index is 2.58. The second kappa shape index (κ2) is 9.56. The van der Waals surface area contributed by atoms with Crippen molar-refractivity contribution in [3.05, 3.63) is 29.8 Å². The number of carbonyl (C=O) groups is 1. The molecule has 0 N–H and O–H groups in total. The number of carbonyl (C=O) groups excluding carboxylic acids is 1. The van der Waals surface area contributed by atoms with E-state index in [9.17, 15) is 4.79 Å². The van der Waals surface area contributed by atoms with Gasteiger partial charge in [-0.1, -0.05) is 39.8 Å². The number of hydrogen-bond acceptors (Lipinski definition) is 3. The van der Waals surface area contributed by atoms with Crippen LogP contribution in [0.5, 0.6) is 5.75 Å². The van der Waals surface area contributed by atoms with Gasteiger partial charge in [0.05, 0.1) is 13.7 Å². The quantitative estimate of drug-likeness (QED) is 0.700. The molecule has 0 saturated carbocycles. The zero-order chi connectivity index (χ0) is 17.4. The van der Waals surface area contributed by atoms with Gasteiger partial charge < -0.3 is 9.64 Å². The largest absolute Gasteiger partial charge is 0.497 e. The summed E-state index contributed by atoms with van der Waals surface area (Å²) < 4.78 is 5.16. The number of nitrogens with zero attached hydrogens (tertiary/aromatic N) is 2. The van der Waals surface area contributed by atoms with E-state index >= 15 is 0 Å². The SMILES string of the molecule is COc1ccc(CN(C)C(=O)CN(CC(C)C)CC(C)C)cc1. The smallest absolute Gasteiger partial charge is 0.236 e. The average molecular weight is 320 g/mol. The molecular weight excluding hydrogens is 288 g/mol. The van der Waals surface area contributed by atoms with E-state index in [1.165, 1.54) is 0 Å². The van der Waals surface area contributed by atoms with Crippen LogP contribution >= 0.6 is 0 Å². The van der Waals surface area contributed by atoms with Gasteiger partial charge in [0, 0.05) is 26.7 Å². The molecule has 0 bridgehead atoms. The minimum absolute atomic E-state index is 0.169. The van der Waals surface area contributed by atoms with E-state index in [-0.39, 0.29) is 5.91 Å². The average Bonchev–Trinajstić information content (AvgIpc) is 2.46.